The normalized spacial score (nSPS) is 6.71. The molecule has 0 nitrogen and oxygen atoms in total. The van der Waals surface area contributed by atoms with Crippen molar-refractivity contribution >= 4 is 105 Å². The Hall–Kier alpha value is 3.41. The predicted octanol–water partition coefficient (Wildman–Crippen LogP) is -18.0. The quantitative estimate of drug-likeness (QED) is 0.170. The van der Waals surface area contributed by atoms with Crippen molar-refractivity contribution in [2.24, 2.45) is 0 Å². The van der Waals surface area contributed by atoms with Crippen molar-refractivity contribution in [3.05, 3.63) is 0 Å². The van der Waals surface area contributed by atoms with Gasteiger partial charge in [-0.1, -0.05) is 69.6 Å². The van der Waals surface area contributed by atoms with Crippen LogP contribution in [-0.4, -0.2) is 42.5 Å². The topological polar surface area (TPSA) is 0 Å². The summed E-state index contributed by atoms with van der Waals surface area (Å²) in [4.78, 5) is 0. The molecular weight excluding hydrogens is 519 g/mol. The molecule has 0 unspecified atom stereocenters. The van der Waals surface area contributed by atoms with E-state index in [1.54, 1.807) is 0 Å². The summed E-state index contributed by atoms with van der Waals surface area (Å²) in [5, 5.41) is 0. The van der Waals surface area contributed by atoms with Crippen LogP contribution in [-0.2, 0) is 0 Å². The molecule has 0 aromatic carbocycles. The van der Waals surface area contributed by atoms with Gasteiger partial charge in [-0.3, -0.25) is 0 Å². The molecule has 17 heavy (non-hydrogen) atoms. The molecule has 0 radical (unpaired) electrons. The van der Waals surface area contributed by atoms with E-state index in [2.05, 4.69) is 0 Å². The van der Waals surface area contributed by atoms with E-state index in [-0.39, 0.29) is 91.0 Å². The smallest absolute Gasteiger partial charge is 1.00 e. The van der Waals surface area contributed by atoms with E-state index < -0.39 is 7.59 Å². The second-order valence-corrected chi connectivity index (χ2v) is 5.56. The van der Waals surface area contributed by atoms with Crippen LogP contribution in [0.25, 0.3) is 0 Å². The molecular formula is C2AlCl9F4Ge. The van der Waals surface area contributed by atoms with Crippen LogP contribution in [0.3, 0.4) is 0 Å². The Morgan fingerprint density at radius 3 is 0.529 bits per heavy atom. The van der Waals surface area contributed by atoms with Gasteiger partial charge in [0.05, 0.1) is 0 Å². The van der Waals surface area contributed by atoms with Gasteiger partial charge in [0.25, 0.3) is 0 Å². The zero-order chi connectivity index (χ0) is 7.00. The molecule has 106 valence electrons. The summed E-state index contributed by atoms with van der Waals surface area (Å²) < 4.78 is -3.70. The van der Waals surface area contributed by atoms with E-state index in [0.29, 0.717) is 0 Å². The fraction of sp³-hybridized carbons (Fsp3) is 1.00. The van der Waals surface area contributed by atoms with Crippen LogP contribution in [0.4, 0.5) is 0 Å². The Kier molecular flexibility index (Phi) is 116. The zero-order valence-electron chi connectivity index (χ0n) is 6.99. The summed E-state index contributed by atoms with van der Waals surface area (Å²) in [5.74, 6) is 0. The van der Waals surface area contributed by atoms with Crippen molar-refractivity contribution in [3.63, 3.8) is 0 Å². The Morgan fingerprint density at radius 2 is 0.529 bits per heavy atom. The second kappa shape index (κ2) is 27.7. The van der Waals surface area contributed by atoms with Crippen molar-refractivity contribution in [2.75, 3.05) is 0 Å². The molecule has 0 N–H and O–H groups in total. The number of halogens is 13. The van der Waals surface area contributed by atoms with E-state index in [0.717, 1.165) is 0 Å². The molecule has 0 spiro atoms. The molecule has 0 fully saturated rings. The molecule has 15 heteroatoms. The molecule has 0 aromatic rings. The van der Waals surface area contributed by atoms with Gasteiger partial charge in [0.2, 0.25) is 7.59 Å². The molecule has 0 aliphatic carbocycles. The van der Waals surface area contributed by atoms with Gasteiger partial charge in [-0.05, 0) is 0 Å². The Bertz CT molecular complexity index is 86.0. The maximum atomic E-state index is 5.14. The third-order valence-electron chi connectivity index (χ3n) is 0.321. The second-order valence-electron chi connectivity index (χ2n) is 0.996. The molecule has 0 bridgehead atoms. The molecule has 0 heterocycles. The molecule has 0 saturated heterocycles. The van der Waals surface area contributed by atoms with Gasteiger partial charge < -0.3 is 56.0 Å². The molecule has 0 atom stereocenters. The maximum Gasteiger partial charge on any atom is 4.00 e. The van der Waals surface area contributed by atoms with Gasteiger partial charge in [0.15, 0.2) is 0 Å². The fourth-order valence-electron chi connectivity index (χ4n) is 0. The first kappa shape index (κ1) is 71.0. The zero-order valence-corrected chi connectivity index (χ0v) is 17.0. The maximum absolute atomic E-state index is 5.14. The van der Waals surface area contributed by atoms with Crippen LogP contribution in [0.15, 0.2) is 0 Å². The van der Waals surface area contributed by atoms with Crippen molar-refractivity contribution in [1.29, 1.82) is 0 Å². The fourth-order valence-corrected chi connectivity index (χ4v) is 0. The number of hydrogen-bond donors (Lipinski definition) is 0. The van der Waals surface area contributed by atoms with Crippen LogP contribution in [0.5, 0.6) is 0 Å². The summed E-state index contributed by atoms with van der Waals surface area (Å²) in [6, 6.07) is 0. The largest absolute Gasteiger partial charge is 4.00 e. The van der Waals surface area contributed by atoms with E-state index in [9.17, 15) is 0 Å². The monoisotopic (exact) mass is 516 g/mol. The van der Waals surface area contributed by atoms with Gasteiger partial charge in [0.1, 0.15) is 0 Å². The third kappa shape index (κ3) is 38.2. The molecule has 0 aliphatic rings. The van der Waals surface area contributed by atoms with Gasteiger partial charge in [-0.25, -0.2) is 0 Å². The summed E-state index contributed by atoms with van der Waals surface area (Å²) >= 11 is 30.9. The average molecular weight is 519 g/mol. The first-order chi connectivity index (χ1) is 3.25. The molecule has 0 rings (SSSR count). The van der Waals surface area contributed by atoms with Crippen molar-refractivity contribution < 1.29 is 56.0 Å². The van der Waals surface area contributed by atoms with Crippen LogP contribution in [0.1, 0.15) is 0 Å². The first-order valence-corrected chi connectivity index (χ1v) is 3.65. The first-order valence-electron chi connectivity index (χ1n) is 1.38. The van der Waals surface area contributed by atoms with Crippen molar-refractivity contribution in [2.45, 2.75) is 7.59 Å². The SMILES string of the molecule is ClC(Cl)(Cl)C(Cl)(Cl)Cl.[Al+3].[Cl-].[Cl-].[Cl-].[F-].[F-].[F-].[F-].[Ge+4]. The summed E-state index contributed by atoms with van der Waals surface area (Å²) in [5.41, 5.74) is 0. The minimum absolute atomic E-state index is 0. The van der Waals surface area contributed by atoms with E-state index in [1.165, 1.54) is 0 Å². The molecule has 0 aromatic heterocycles. The van der Waals surface area contributed by atoms with E-state index in [1.807, 2.05) is 0 Å². The number of alkyl halides is 6. The van der Waals surface area contributed by atoms with Crippen molar-refractivity contribution in [3.8, 4) is 0 Å². The van der Waals surface area contributed by atoms with Crippen LogP contribution >= 0.6 is 69.6 Å². The average Bonchev–Trinajstić information content (AvgIpc) is 1.25. The molecule has 0 amide bonds. The Labute approximate surface area is 166 Å². The van der Waals surface area contributed by atoms with Crippen LogP contribution < -0.4 is 56.0 Å². The minimum atomic E-state index is -1.85. The van der Waals surface area contributed by atoms with E-state index in [4.69, 9.17) is 69.6 Å². The molecule has 0 saturated carbocycles. The standard InChI is InChI=1S/C2Cl6.Al.3ClH.4FH.Ge/c3-1(4,5)2(6,7)8;;;;;;;;;/h;;7*1H;/q;+3;;;;;;;;+4/p-7. The van der Waals surface area contributed by atoms with Crippen molar-refractivity contribution in [1.82, 2.24) is 0 Å². The van der Waals surface area contributed by atoms with Gasteiger partial charge >= 0.3 is 35.0 Å². The van der Waals surface area contributed by atoms with Gasteiger partial charge in [0, 0.05) is 0 Å². The Morgan fingerprint density at radius 1 is 0.471 bits per heavy atom. The van der Waals surface area contributed by atoms with Crippen LogP contribution in [0, 0.1) is 0 Å². The Balaban J connectivity index is -0.00000000681. The predicted molar refractivity (Wildman–Crippen MR) is 52.1 cm³/mol. The van der Waals surface area contributed by atoms with E-state index >= 15 is 0 Å². The summed E-state index contributed by atoms with van der Waals surface area (Å²) in [6.07, 6.45) is 0. The van der Waals surface area contributed by atoms with Gasteiger partial charge in [-0.15, -0.1) is 0 Å². The minimum Gasteiger partial charge on any atom is -1.00 e. The number of rotatable bonds is 0. The number of hydrogen-bond acceptors (Lipinski definition) is 0. The van der Waals surface area contributed by atoms with Gasteiger partial charge in [-0.2, -0.15) is 0 Å². The molecule has 0 aliphatic heterocycles. The van der Waals surface area contributed by atoms with Crippen LogP contribution in [0.2, 0.25) is 0 Å². The summed E-state index contributed by atoms with van der Waals surface area (Å²) in [6.45, 7) is 0. The summed E-state index contributed by atoms with van der Waals surface area (Å²) in [7, 11) is 0. The third-order valence-corrected chi connectivity index (χ3v) is 2.89.